The molecule has 4 nitrogen and oxygen atoms in total. The number of ether oxygens (including phenoxy) is 1. The van der Waals surface area contributed by atoms with Gasteiger partial charge in [0, 0.05) is 17.3 Å². The van der Waals surface area contributed by atoms with Crippen LogP contribution >= 0.6 is 0 Å². The molecule has 25 heavy (non-hydrogen) atoms. The molecule has 0 saturated carbocycles. The van der Waals surface area contributed by atoms with Crippen molar-refractivity contribution in [1.29, 1.82) is 0 Å². The fourth-order valence-electron chi connectivity index (χ4n) is 2.66. The van der Waals surface area contributed by atoms with Gasteiger partial charge in [-0.2, -0.15) is 0 Å². The minimum atomic E-state index is -0.153. The van der Waals surface area contributed by atoms with Gasteiger partial charge in [0.25, 0.3) is 5.91 Å². The van der Waals surface area contributed by atoms with Gasteiger partial charge in [-0.3, -0.25) is 9.78 Å². The van der Waals surface area contributed by atoms with Crippen LogP contribution in [0.1, 0.15) is 21.6 Å². The Kier molecular flexibility index (Phi) is 5.09. The molecule has 0 aliphatic carbocycles. The second-order valence-corrected chi connectivity index (χ2v) is 5.79. The Balaban J connectivity index is 1.80. The SMILES string of the molecule is COc1cc(C(=O)NCc2ccccn2)ccc1-c1cccc(C)c1. The number of carbonyl (C=O) groups excluding carboxylic acids is 1. The van der Waals surface area contributed by atoms with Gasteiger partial charge in [0.05, 0.1) is 19.3 Å². The Morgan fingerprint density at radius 3 is 2.68 bits per heavy atom. The highest BCUT2D eigenvalue weighted by Gasteiger charge is 2.12. The molecule has 1 amide bonds. The number of amides is 1. The van der Waals surface area contributed by atoms with Crippen LogP contribution in [0, 0.1) is 6.92 Å². The van der Waals surface area contributed by atoms with Gasteiger partial charge in [-0.1, -0.05) is 35.9 Å². The van der Waals surface area contributed by atoms with Crippen LogP contribution in [-0.4, -0.2) is 18.0 Å². The van der Waals surface area contributed by atoms with Crippen molar-refractivity contribution >= 4 is 5.91 Å². The minimum Gasteiger partial charge on any atom is -0.496 e. The van der Waals surface area contributed by atoms with Crippen LogP contribution in [0.3, 0.4) is 0 Å². The zero-order valence-corrected chi connectivity index (χ0v) is 14.3. The van der Waals surface area contributed by atoms with Crippen molar-refractivity contribution in [3.05, 3.63) is 83.7 Å². The van der Waals surface area contributed by atoms with E-state index in [1.807, 2.05) is 42.5 Å². The van der Waals surface area contributed by atoms with Crippen molar-refractivity contribution in [3.63, 3.8) is 0 Å². The minimum absolute atomic E-state index is 0.153. The zero-order valence-electron chi connectivity index (χ0n) is 14.3. The molecule has 1 aromatic heterocycles. The molecule has 0 bridgehead atoms. The number of hydrogen-bond donors (Lipinski definition) is 1. The molecule has 0 atom stereocenters. The lowest BCUT2D eigenvalue weighted by molar-refractivity contribution is 0.0950. The number of aryl methyl sites for hydroxylation is 1. The second kappa shape index (κ2) is 7.62. The number of methoxy groups -OCH3 is 1. The summed E-state index contributed by atoms with van der Waals surface area (Å²) in [5.74, 6) is 0.524. The van der Waals surface area contributed by atoms with E-state index < -0.39 is 0 Å². The van der Waals surface area contributed by atoms with E-state index in [0.717, 1.165) is 16.8 Å². The molecule has 1 heterocycles. The summed E-state index contributed by atoms with van der Waals surface area (Å²) < 4.78 is 5.50. The number of rotatable bonds is 5. The van der Waals surface area contributed by atoms with Crippen LogP contribution in [0.2, 0.25) is 0 Å². The van der Waals surface area contributed by atoms with E-state index >= 15 is 0 Å². The third kappa shape index (κ3) is 4.04. The van der Waals surface area contributed by atoms with Crippen LogP contribution in [0.5, 0.6) is 5.75 Å². The predicted octanol–water partition coefficient (Wildman–Crippen LogP) is 4.00. The van der Waals surface area contributed by atoms with E-state index in [4.69, 9.17) is 4.74 Å². The van der Waals surface area contributed by atoms with Gasteiger partial charge in [0.15, 0.2) is 0 Å². The first kappa shape index (κ1) is 16.7. The van der Waals surface area contributed by atoms with Gasteiger partial charge in [-0.25, -0.2) is 0 Å². The van der Waals surface area contributed by atoms with E-state index in [1.165, 1.54) is 5.56 Å². The molecule has 4 heteroatoms. The highest BCUT2D eigenvalue weighted by Crippen LogP contribution is 2.31. The summed E-state index contributed by atoms with van der Waals surface area (Å²) >= 11 is 0. The van der Waals surface area contributed by atoms with Crippen LogP contribution in [0.15, 0.2) is 66.9 Å². The van der Waals surface area contributed by atoms with Gasteiger partial charge < -0.3 is 10.1 Å². The average molecular weight is 332 g/mol. The van der Waals surface area contributed by atoms with Crippen molar-refractivity contribution in [3.8, 4) is 16.9 Å². The van der Waals surface area contributed by atoms with Crippen LogP contribution < -0.4 is 10.1 Å². The fourth-order valence-corrected chi connectivity index (χ4v) is 2.66. The number of nitrogens with one attached hydrogen (secondary N) is 1. The number of pyridine rings is 1. The molecule has 0 spiro atoms. The molecule has 1 N–H and O–H groups in total. The smallest absolute Gasteiger partial charge is 0.251 e. The quantitative estimate of drug-likeness (QED) is 0.768. The summed E-state index contributed by atoms with van der Waals surface area (Å²) in [5.41, 5.74) is 4.59. The molecule has 3 rings (SSSR count). The third-order valence-corrected chi connectivity index (χ3v) is 3.95. The van der Waals surface area contributed by atoms with Crippen LogP contribution in [-0.2, 0) is 6.54 Å². The highest BCUT2D eigenvalue weighted by atomic mass is 16.5. The van der Waals surface area contributed by atoms with Gasteiger partial charge in [0.2, 0.25) is 0 Å². The van der Waals surface area contributed by atoms with Crippen molar-refractivity contribution in [2.45, 2.75) is 13.5 Å². The lowest BCUT2D eigenvalue weighted by atomic mass is 10.0. The lowest BCUT2D eigenvalue weighted by Crippen LogP contribution is -2.23. The predicted molar refractivity (Wildman–Crippen MR) is 98.6 cm³/mol. The summed E-state index contributed by atoms with van der Waals surface area (Å²) in [6, 6.07) is 19.3. The Bertz CT molecular complexity index is 876. The Hall–Kier alpha value is -3.14. The fraction of sp³-hybridized carbons (Fsp3) is 0.143. The summed E-state index contributed by atoms with van der Waals surface area (Å²) in [7, 11) is 1.62. The summed E-state index contributed by atoms with van der Waals surface area (Å²) in [6.07, 6.45) is 1.71. The molecular formula is C21H20N2O2. The molecule has 0 fully saturated rings. The molecule has 0 aliphatic heterocycles. The number of carbonyl (C=O) groups is 1. The van der Waals surface area contributed by atoms with Gasteiger partial charge in [0.1, 0.15) is 5.75 Å². The van der Waals surface area contributed by atoms with E-state index in [9.17, 15) is 4.79 Å². The maximum atomic E-state index is 12.4. The Morgan fingerprint density at radius 1 is 1.08 bits per heavy atom. The number of benzene rings is 2. The van der Waals surface area contributed by atoms with Crippen molar-refractivity contribution in [2.24, 2.45) is 0 Å². The average Bonchev–Trinajstić information content (AvgIpc) is 2.66. The Morgan fingerprint density at radius 2 is 1.96 bits per heavy atom. The summed E-state index contributed by atoms with van der Waals surface area (Å²) in [4.78, 5) is 16.6. The second-order valence-electron chi connectivity index (χ2n) is 5.79. The first-order valence-electron chi connectivity index (χ1n) is 8.10. The lowest BCUT2D eigenvalue weighted by Gasteiger charge is -2.12. The maximum Gasteiger partial charge on any atom is 0.251 e. The number of nitrogens with zero attached hydrogens (tertiary/aromatic N) is 1. The first-order chi connectivity index (χ1) is 12.2. The molecule has 0 aliphatic rings. The first-order valence-corrected chi connectivity index (χ1v) is 8.10. The molecule has 2 aromatic carbocycles. The monoisotopic (exact) mass is 332 g/mol. The van der Waals surface area contributed by atoms with Crippen molar-refractivity contribution in [1.82, 2.24) is 10.3 Å². The van der Waals surface area contributed by atoms with Crippen molar-refractivity contribution in [2.75, 3.05) is 7.11 Å². The molecule has 0 radical (unpaired) electrons. The van der Waals surface area contributed by atoms with E-state index in [-0.39, 0.29) is 5.91 Å². The van der Waals surface area contributed by atoms with Crippen LogP contribution in [0.25, 0.3) is 11.1 Å². The highest BCUT2D eigenvalue weighted by molar-refractivity contribution is 5.95. The Labute approximate surface area is 147 Å². The normalized spacial score (nSPS) is 10.3. The van der Waals surface area contributed by atoms with Crippen LogP contribution in [0.4, 0.5) is 0 Å². The summed E-state index contributed by atoms with van der Waals surface area (Å²) in [5, 5.41) is 2.88. The van der Waals surface area contributed by atoms with Gasteiger partial charge in [-0.15, -0.1) is 0 Å². The molecule has 0 unspecified atom stereocenters. The van der Waals surface area contributed by atoms with Crippen molar-refractivity contribution < 1.29 is 9.53 Å². The summed E-state index contributed by atoms with van der Waals surface area (Å²) in [6.45, 7) is 2.44. The topological polar surface area (TPSA) is 51.2 Å². The number of hydrogen-bond acceptors (Lipinski definition) is 3. The van der Waals surface area contributed by atoms with E-state index in [1.54, 1.807) is 19.4 Å². The third-order valence-electron chi connectivity index (χ3n) is 3.95. The van der Waals surface area contributed by atoms with E-state index in [2.05, 4.69) is 29.4 Å². The standard InChI is InChI=1S/C21H20N2O2/c1-15-6-5-7-16(12-15)19-10-9-17(13-20(19)25-2)21(24)23-14-18-8-3-4-11-22-18/h3-13H,14H2,1-2H3,(H,23,24). The molecule has 3 aromatic rings. The van der Waals surface area contributed by atoms with Gasteiger partial charge in [-0.05, 0) is 42.8 Å². The van der Waals surface area contributed by atoms with E-state index in [0.29, 0.717) is 17.9 Å². The zero-order chi connectivity index (χ0) is 17.6. The largest absolute Gasteiger partial charge is 0.496 e. The maximum absolute atomic E-state index is 12.4. The molecule has 126 valence electrons. The number of aromatic nitrogens is 1. The molecule has 0 saturated heterocycles. The molecular weight excluding hydrogens is 312 g/mol. The van der Waals surface area contributed by atoms with Gasteiger partial charge >= 0.3 is 0 Å².